The molecular weight excluding hydrogens is 966 g/mol. The second-order valence-corrected chi connectivity index (χ2v) is 27.0. The van der Waals surface area contributed by atoms with Gasteiger partial charge in [0.2, 0.25) is 0 Å². The number of nitrogens with zero attached hydrogens (tertiary/aromatic N) is 3. The van der Waals surface area contributed by atoms with Gasteiger partial charge in [0.05, 0.1) is 5.69 Å². The van der Waals surface area contributed by atoms with E-state index in [-0.39, 0.29) is 28.4 Å². The highest BCUT2D eigenvalue weighted by Gasteiger charge is 2.46. The fourth-order valence-electron chi connectivity index (χ4n) is 12.0. The van der Waals surface area contributed by atoms with Crippen molar-refractivity contribution in [2.75, 3.05) is 14.7 Å². The predicted octanol–water partition coefficient (Wildman–Crippen LogP) is 19.2. The van der Waals surface area contributed by atoms with Gasteiger partial charge < -0.3 is 19.1 Å². The molecule has 0 radical (unpaired) electrons. The molecule has 0 N–H and O–H groups in total. The Labute approximate surface area is 465 Å². The van der Waals surface area contributed by atoms with Crippen molar-refractivity contribution in [3.63, 3.8) is 0 Å². The lowest BCUT2D eigenvalue weighted by Crippen LogP contribution is -2.60. The van der Waals surface area contributed by atoms with Crippen LogP contribution in [0.15, 0.2) is 199 Å². The van der Waals surface area contributed by atoms with Crippen LogP contribution in [0.5, 0.6) is 0 Å². The standard InChI is InChI=1S/C72H68BN3OS/c1-69(2,3)47-22-29-51(30-23-47)74(52-31-24-48(25-32-52)70(4,5)6)54-36-38-59-60(43-54)75(55-35-37-57-56-20-16-17-21-63(56)77-64(57)44-55)61-40-46(45-18-14-13-15-19-45)41-62-66(61)73(59)68-67(58-42-50(72(10,11)12)28-39-65(58)78-68)76(62)53-33-26-49(27-34-53)71(7,8)9/h13-44H,1-12H3. The zero-order chi connectivity index (χ0) is 54.2. The Balaban J connectivity index is 1.13. The van der Waals surface area contributed by atoms with Crippen molar-refractivity contribution >= 4 is 117 Å². The normalized spacial score (nSPS) is 13.6. The van der Waals surface area contributed by atoms with Crippen LogP contribution in [0.3, 0.4) is 0 Å². The van der Waals surface area contributed by atoms with Gasteiger partial charge in [-0.25, -0.2) is 0 Å². The van der Waals surface area contributed by atoms with Gasteiger partial charge in [-0.3, -0.25) is 0 Å². The molecule has 0 aliphatic carbocycles. The van der Waals surface area contributed by atoms with Crippen molar-refractivity contribution < 1.29 is 4.42 Å². The molecule has 4 nitrogen and oxygen atoms in total. The molecule has 386 valence electrons. The number of para-hydroxylation sites is 1. The molecule has 0 saturated heterocycles. The molecule has 9 aromatic carbocycles. The van der Waals surface area contributed by atoms with E-state index >= 15 is 0 Å². The SMILES string of the molecule is CC(C)(C)c1ccc(N(c2ccc(C(C)(C)C)cc2)c2ccc3c(c2)N(c2ccc4c(c2)oc2ccccc24)c2cc(-c4ccccc4)cc4c2B3c2sc3ccc(C(C)(C)C)cc3c2N4c2ccc(C(C)(C)C)cc2)cc1. The summed E-state index contributed by atoms with van der Waals surface area (Å²) in [5.41, 5.74) is 22.1. The van der Waals surface area contributed by atoms with Crippen molar-refractivity contribution in [1.82, 2.24) is 0 Å². The van der Waals surface area contributed by atoms with Crippen LogP contribution in [0.1, 0.15) is 105 Å². The fourth-order valence-corrected chi connectivity index (χ4v) is 13.3. The maximum Gasteiger partial charge on any atom is 0.264 e. The number of thiophene rings is 1. The molecule has 2 aliphatic rings. The van der Waals surface area contributed by atoms with Crippen molar-refractivity contribution in [3.05, 3.63) is 216 Å². The molecule has 0 spiro atoms. The molecular formula is C72H68BN3OS. The van der Waals surface area contributed by atoms with E-state index in [4.69, 9.17) is 4.42 Å². The molecule has 0 saturated carbocycles. The lowest BCUT2D eigenvalue weighted by molar-refractivity contribution is 0.590. The third-order valence-electron chi connectivity index (χ3n) is 16.5. The first-order valence-corrected chi connectivity index (χ1v) is 28.6. The van der Waals surface area contributed by atoms with Crippen LogP contribution in [-0.4, -0.2) is 6.71 Å². The summed E-state index contributed by atoms with van der Waals surface area (Å²) in [6.45, 7) is 27.6. The molecule has 0 atom stereocenters. The molecule has 0 unspecified atom stereocenters. The van der Waals surface area contributed by atoms with Crippen LogP contribution >= 0.6 is 11.3 Å². The Morgan fingerprint density at radius 3 is 1.54 bits per heavy atom. The molecule has 78 heavy (non-hydrogen) atoms. The van der Waals surface area contributed by atoms with Crippen molar-refractivity contribution in [1.29, 1.82) is 0 Å². The molecule has 11 aromatic rings. The monoisotopic (exact) mass is 1030 g/mol. The Morgan fingerprint density at radius 2 is 0.923 bits per heavy atom. The molecule has 13 rings (SSSR count). The molecule has 4 heterocycles. The number of hydrogen-bond acceptors (Lipinski definition) is 5. The smallest absolute Gasteiger partial charge is 0.264 e. The van der Waals surface area contributed by atoms with E-state index in [1.165, 1.54) is 65.0 Å². The highest BCUT2D eigenvalue weighted by atomic mass is 32.1. The van der Waals surface area contributed by atoms with Crippen LogP contribution in [0.4, 0.5) is 51.2 Å². The van der Waals surface area contributed by atoms with Crippen LogP contribution in [0.25, 0.3) is 43.2 Å². The predicted molar refractivity (Wildman–Crippen MR) is 338 cm³/mol. The van der Waals surface area contributed by atoms with E-state index in [0.717, 1.165) is 67.3 Å². The van der Waals surface area contributed by atoms with E-state index in [1.54, 1.807) is 0 Å². The summed E-state index contributed by atoms with van der Waals surface area (Å²) in [6, 6.07) is 73.5. The van der Waals surface area contributed by atoms with Crippen LogP contribution < -0.4 is 30.4 Å². The largest absolute Gasteiger partial charge is 0.456 e. The summed E-state index contributed by atoms with van der Waals surface area (Å²) in [4.78, 5) is 7.61. The van der Waals surface area contributed by atoms with Crippen LogP contribution in [-0.2, 0) is 21.7 Å². The minimum absolute atomic E-state index is 0.00507. The maximum absolute atomic E-state index is 6.76. The Bertz CT molecular complexity index is 4060. The van der Waals surface area contributed by atoms with Gasteiger partial charge in [0.25, 0.3) is 6.71 Å². The molecule has 6 heteroatoms. The van der Waals surface area contributed by atoms with Crippen molar-refractivity contribution in [2.45, 2.75) is 105 Å². The van der Waals surface area contributed by atoms with E-state index in [1.807, 2.05) is 11.3 Å². The van der Waals surface area contributed by atoms with Gasteiger partial charge in [0, 0.05) is 77.2 Å². The molecule has 2 aliphatic heterocycles. The van der Waals surface area contributed by atoms with Gasteiger partial charge in [0.1, 0.15) is 11.2 Å². The summed E-state index contributed by atoms with van der Waals surface area (Å²) in [5.74, 6) is 0. The maximum atomic E-state index is 6.76. The number of fused-ring (bicyclic) bond motifs is 9. The van der Waals surface area contributed by atoms with E-state index in [9.17, 15) is 0 Å². The Morgan fingerprint density at radius 1 is 0.397 bits per heavy atom. The summed E-state index contributed by atoms with van der Waals surface area (Å²) in [7, 11) is 0. The first-order valence-electron chi connectivity index (χ1n) is 27.8. The minimum Gasteiger partial charge on any atom is -0.456 e. The first-order chi connectivity index (χ1) is 37.2. The summed E-state index contributed by atoms with van der Waals surface area (Å²) in [6.07, 6.45) is 0. The molecule has 0 amide bonds. The number of benzene rings is 9. The Hall–Kier alpha value is -7.80. The van der Waals surface area contributed by atoms with Gasteiger partial charge in [0.15, 0.2) is 0 Å². The van der Waals surface area contributed by atoms with Gasteiger partial charge >= 0.3 is 0 Å². The number of rotatable bonds is 6. The number of hydrogen-bond donors (Lipinski definition) is 0. The first kappa shape index (κ1) is 49.8. The summed E-state index contributed by atoms with van der Waals surface area (Å²) in [5, 5.41) is 3.52. The summed E-state index contributed by atoms with van der Waals surface area (Å²) >= 11 is 1.95. The molecule has 0 fully saturated rings. The zero-order valence-corrected chi connectivity index (χ0v) is 48.0. The van der Waals surface area contributed by atoms with E-state index in [0.29, 0.717) is 0 Å². The average molecular weight is 1030 g/mol. The van der Waals surface area contributed by atoms with Gasteiger partial charge in [-0.1, -0.05) is 180 Å². The second kappa shape index (κ2) is 17.9. The van der Waals surface area contributed by atoms with E-state index in [2.05, 4.69) is 292 Å². The lowest BCUT2D eigenvalue weighted by Gasteiger charge is -2.44. The summed E-state index contributed by atoms with van der Waals surface area (Å²) < 4.78 is 9.40. The molecule has 2 aromatic heterocycles. The van der Waals surface area contributed by atoms with Crippen molar-refractivity contribution in [3.8, 4) is 11.1 Å². The van der Waals surface area contributed by atoms with Gasteiger partial charge in [-0.15, -0.1) is 11.3 Å². The lowest BCUT2D eigenvalue weighted by atomic mass is 9.36. The highest BCUT2D eigenvalue weighted by molar-refractivity contribution is 7.33. The third kappa shape index (κ3) is 8.34. The second-order valence-electron chi connectivity index (χ2n) is 25.9. The quantitative estimate of drug-likeness (QED) is 0.155. The fraction of sp³-hybridized carbons (Fsp3) is 0.222. The van der Waals surface area contributed by atoms with Crippen LogP contribution in [0.2, 0.25) is 0 Å². The van der Waals surface area contributed by atoms with Gasteiger partial charge in [-0.2, -0.15) is 0 Å². The van der Waals surface area contributed by atoms with Crippen LogP contribution in [0, 0.1) is 0 Å². The number of anilines is 9. The molecule has 0 bridgehead atoms. The van der Waals surface area contributed by atoms with Crippen molar-refractivity contribution in [2.24, 2.45) is 0 Å². The highest BCUT2D eigenvalue weighted by Crippen LogP contribution is 2.51. The zero-order valence-electron chi connectivity index (χ0n) is 47.2. The minimum atomic E-state index is -0.0729. The Kier molecular flexibility index (Phi) is 11.4. The average Bonchev–Trinajstić information content (AvgIpc) is 4.17. The number of furan rings is 1. The topological polar surface area (TPSA) is 22.9 Å². The third-order valence-corrected chi connectivity index (χ3v) is 17.7. The van der Waals surface area contributed by atoms with Gasteiger partial charge in [-0.05, 0) is 157 Å². The van der Waals surface area contributed by atoms with E-state index < -0.39 is 0 Å².